The van der Waals surface area contributed by atoms with Gasteiger partial charge in [-0.2, -0.15) is 66.6 Å². The maximum atomic E-state index is 13.5. The van der Waals surface area contributed by atoms with Crippen LogP contribution in [0.2, 0.25) is 0 Å². The number of hydrogen-bond acceptors (Lipinski definition) is 15. The molecule has 0 atom stereocenters. The molecule has 8 aromatic carbocycles. The molecule has 0 aliphatic rings. The van der Waals surface area contributed by atoms with Gasteiger partial charge in [-0.1, -0.05) is 133 Å². The maximum Gasteiger partial charge on any atom is 3.00 e. The van der Waals surface area contributed by atoms with Gasteiger partial charge in [-0.25, -0.2) is 0 Å². The molecule has 5 heterocycles. The summed E-state index contributed by atoms with van der Waals surface area (Å²) in [4.78, 5) is 27.7. The first kappa shape index (κ1) is 120. The Morgan fingerprint density at radius 1 is 0.315 bits per heavy atom. The third-order valence-corrected chi connectivity index (χ3v) is 13.7. The van der Waals surface area contributed by atoms with E-state index in [0.717, 1.165) is 87.9 Å². The molecule has 0 bridgehead atoms. The van der Waals surface area contributed by atoms with E-state index in [1.165, 1.54) is 71.6 Å². The number of pyridine rings is 5. The Kier molecular flexibility index (Phi) is 75.7. The fraction of sp³-hybridized carbons (Fsp3) is 0.141. The van der Waals surface area contributed by atoms with Crippen LogP contribution in [-0.4, -0.2) is 127 Å². The molecule has 13 rings (SSSR count). The van der Waals surface area contributed by atoms with Crippen molar-refractivity contribution >= 4 is 49.7 Å². The van der Waals surface area contributed by atoms with E-state index in [1.807, 2.05) is 222 Å². The monoisotopic (exact) mass is 2670 g/mol. The molecular formula is C92H89Cl4F8Ir5N10O5. The molecule has 0 saturated carbocycles. The van der Waals surface area contributed by atoms with Crippen LogP contribution in [0.4, 0.5) is 46.5 Å². The molecule has 0 aliphatic carbocycles. The molecule has 0 fully saturated rings. The fourth-order valence-electron chi connectivity index (χ4n) is 8.75. The van der Waals surface area contributed by atoms with Crippen molar-refractivity contribution in [3.05, 3.63) is 407 Å². The van der Waals surface area contributed by atoms with Crippen molar-refractivity contribution in [2.24, 2.45) is 0 Å². The van der Waals surface area contributed by atoms with E-state index in [9.17, 15) is 35.1 Å². The number of methoxy groups -OCH3 is 5. The molecule has 0 aliphatic heterocycles. The minimum Gasteiger partial charge on any atom is -0.305 e. The van der Waals surface area contributed by atoms with Crippen LogP contribution in [0.1, 0.15) is 16.7 Å². The SMILES string of the molecule is CN(C)c1ccnc(-c2[c-]cc(F)cc2F)c1.CN(C)c1ccnc(-c2[c-]cc(F)cc2F)c1.CO[CH-]N(C)C.CO[CH-]N(C)C.CO[CH-]c1ccccc1.CO[CH-]c1ccccc1.CO[CH-]c1ccccc1.Fc1c[c-]c(-c2ccccn2)c(F)c1.Fc1c[c-]c(-c2ccccn2)c(F)c1.[C-]#N.[Cl][Ir+2].[Cl][Ir+2].[Cl][Ir+2].[Cl][Ir+2].[Ir+3].[c-]1ccccc1-c1ccccn1. The summed E-state index contributed by atoms with van der Waals surface area (Å²) >= 11 is 5.89. The third kappa shape index (κ3) is 54.6. The van der Waals surface area contributed by atoms with Crippen LogP contribution in [0, 0.1) is 122 Å². The van der Waals surface area contributed by atoms with Gasteiger partial charge in [0.2, 0.25) is 0 Å². The van der Waals surface area contributed by atoms with Gasteiger partial charge in [0.15, 0.2) is 0 Å². The number of aromatic nitrogens is 5. The standard InChI is InChI=1S/2C13H11F2N2.2C11H6F2N.C11H8N.3C8H9O.2C4H10NO.CN.4ClH.5Ir/c2*1-17(2)10-5-6-16-13(8-10)11-4-3-9(14)7-12(11)15;2*12-8-4-5-9(10(13)7-8)11-3-1-2-6-14-11;1-2-6-10(7-3-1)11-8-4-5-9-12-11;3*1-9-7-8-5-3-2-4-6-8;2*1-5(2)4-6-3;1-2;;;;;;;;;/h2*3,5-8H,1-2H3;2*1-4,6-7H;1-6,8-9H;3*2-7H,1H3;2*4H,1-3H3;;4*1H;;;;;/q11*-1;;;;;5*+3/p-4. The second-order valence-corrected chi connectivity index (χ2v) is 23.6. The van der Waals surface area contributed by atoms with Crippen molar-refractivity contribution in [3.8, 4) is 56.3 Å². The quantitative estimate of drug-likeness (QED) is 0.0628. The molecule has 32 heteroatoms. The molecular weight excluding hydrogens is 2580 g/mol. The van der Waals surface area contributed by atoms with Crippen LogP contribution in [-0.2, 0) is 115 Å². The molecule has 5 aromatic heterocycles. The summed E-state index contributed by atoms with van der Waals surface area (Å²) in [5.41, 5.74) is 9.59. The van der Waals surface area contributed by atoms with E-state index >= 15 is 0 Å². The summed E-state index contributed by atoms with van der Waals surface area (Å²) in [6.45, 7) is 13.1. The van der Waals surface area contributed by atoms with Crippen molar-refractivity contribution in [1.82, 2.24) is 34.7 Å². The molecule has 0 radical (unpaired) electrons. The number of nitrogens with zero attached hydrogens (tertiary/aromatic N) is 10. The van der Waals surface area contributed by atoms with Gasteiger partial charge in [0.05, 0.1) is 0 Å². The van der Waals surface area contributed by atoms with Crippen molar-refractivity contribution in [2.45, 2.75) is 0 Å². The van der Waals surface area contributed by atoms with Crippen LogP contribution >= 0.6 is 38.3 Å². The number of benzene rings is 8. The Hall–Kier alpha value is -8.22. The number of hydrogen-bond donors (Lipinski definition) is 0. The van der Waals surface area contributed by atoms with Crippen molar-refractivity contribution in [3.63, 3.8) is 0 Å². The smallest absolute Gasteiger partial charge is 0.305 e. The average molecular weight is 2670 g/mol. The summed E-state index contributed by atoms with van der Waals surface area (Å²) in [6, 6.07) is 81.7. The molecule has 0 saturated heterocycles. The number of rotatable bonds is 17. The number of anilines is 2. The van der Waals surface area contributed by atoms with E-state index < -0.39 is 46.5 Å². The van der Waals surface area contributed by atoms with Crippen LogP contribution in [0.3, 0.4) is 0 Å². The molecule has 0 spiro atoms. The first-order chi connectivity index (χ1) is 59.5. The van der Waals surface area contributed by atoms with Gasteiger partial charge in [-0.3, -0.25) is 35.1 Å². The zero-order chi connectivity index (χ0) is 92.6. The van der Waals surface area contributed by atoms with Crippen molar-refractivity contribution in [2.75, 3.05) is 102 Å². The van der Waals surface area contributed by atoms with Crippen LogP contribution in [0.5, 0.6) is 0 Å². The zero-order valence-corrected chi connectivity index (χ0v) is 84.1. The van der Waals surface area contributed by atoms with Gasteiger partial charge in [0.25, 0.3) is 0 Å². The fourth-order valence-corrected chi connectivity index (χ4v) is 8.75. The van der Waals surface area contributed by atoms with E-state index in [0.29, 0.717) is 22.8 Å². The van der Waals surface area contributed by atoms with E-state index in [4.69, 9.17) is 26.0 Å². The minimum atomic E-state index is -0.659. The molecule has 0 amide bonds. The molecule has 13 aromatic rings. The Morgan fingerprint density at radius 2 is 0.573 bits per heavy atom. The summed E-state index contributed by atoms with van der Waals surface area (Å²) < 4.78 is 128. The van der Waals surface area contributed by atoms with Crippen molar-refractivity contribution < 1.29 is 150 Å². The van der Waals surface area contributed by atoms with Gasteiger partial charge in [-0.15, -0.1) is 121 Å². The maximum absolute atomic E-state index is 13.5. The van der Waals surface area contributed by atoms with Gasteiger partial charge < -0.3 is 80.0 Å². The van der Waals surface area contributed by atoms with Gasteiger partial charge in [0, 0.05) is 153 Å². The first-order valence-electron chi connectivity index (χ1n) is 35.0. The second-order valence-electron chi connectivity index (χ2n) is 23.6. The van der Waals surface area contributed by atoms with E-state index in [-0.39, 0.29) is 42.4 Å². The van der Waals surface area contributed by atoms with Crippen molar-refractivity contribution in [1.29, 1.82) is 5.26 Å². The average Bonchev–Trinajstić information content (AvgIpc) is 0.850. The van der Waals surface area contributed by atoms with E-state index in [2.05, 4.69) is 103 Å². The summed E-state index contributed by atoms with van der Waals surface area (Å²) in [5.74, 6) is -5.18. The normalized spacial score (nSPS) is 9.20. The topological polar surface area (TPSA) is 147 Å². The number of ether oxygens (including phenoxy) is 5. The predicted octanol–water partition coefficient (Wildman–Crippen LogP) is 23.0. The molecule has 0 N–H and O–H groups in total. The van der Waals surface area contributed by atoms with Gasteiger partial charge in [0.1, 0.15) is 0 Å². The summed E-state index contributed by atoms with van der Waals surface area (Å²) in [5, 5.41) is 6.25. The number of halogens is 12. The molecule has 124 heavy (non-hydrogen) atoms. The van der Waals surface area contributed by atoms with Gasteiger partial charge >= 0.3 is 130 Å². The van der Waals surface area contributed by atoms with Crippen LogP contribution in [0.25, 0.3) is 56.3 Å². The Morgan fingerprint density at radius 3 is 0.790 bits per heavy atom. The van der Waals surface area contributed by atoms with Crippen LogP contribution < -0.4 is 9.80 Å². The predicted molar refractivity (Wildman–Crippen MR) is 460 cm³/mol. The summed E-state index contributed by atoms with van der Waals surface area (Å²) in [7, 11) is 41.9. The molecule has 666 valence electrons. The molecule has 15 nitrogen and oxygen atoms in total. The Labute approximate surface area is 797 Å². The Balaban J connectivity index is -0.00000131. The first-order valence-corrected chi connectivity index (χ1v) is 46.8. The minimum absolute atomic E-state index is 0. The van der Waals surface area contributed by atoms with Crippen LogP contribution in [0.15, 0.2) is 274 Å². The zero-order valence-electron chi connectivity index (χ0n) is 69.1. The largest absolute Gasteiger partial charge is 3.00 e. The second kappa shape index (κ2) is 78.3. The van der Waals surface area contributed by atoms with Gasteiger partial charge in [-0.05, 0) is 87.0 Å². The Bertz CT molecular complexity index is 4440. The summed E-state index contributed by atoms with van der Waals surface area (Å²) in [6.07, 6.45) is 8.05. The molecule has 0 unspecified atom stereocenters. The third-order valence-electron chi connectivity index (χ3n) is 13.7. The van der Waals surface area contributed by atoms with E-state index in [1.54, 1.807) is 148 Å².